The van der Waals surface area contributed by atoms with Crippen molar-refractivity contribution < 1.29 is 34.0 Å². The molecule has 0 radical (unpaired) electrons. The topological polar surface area (TPSA) is 118 Å². The van der Waals surface area contributed by atoms with E-state index in [-0.39, 0.29) is 17.7 Å². The minimum absolute atomic E-state index is 0.0590. The second-order valence-corrected chi connectivity index (χ2v) is 12.6. The summed E-state index contributed by atoms with van der Waals surface area (Å²) in [5.41, 5.74) is -0.0543. The molecular weight excluding hydrogens is 474 g/mol. The molecule has 1 aromatic heterocycles. The SMILES string of the molecule is COC(=O)c1ccc2[nH]c3c(c2c1)C[C@@H]1C[C@H](O)[C@@]2(O)C4=CC(=O)C5O[C@@]4(CCC2(C)[C@@]31C)OC5(C)C. The van der Waals surface area contributed by atoms with Crippen molar-refractivity contribution in [3.05, 3.63) is 46.7 Å². The van der Waals surface area contributed by atoms with Crippen LogP contribution in [0.5, 0.6) is 0 Å². The molecule has 1 spiro atoms. The Kier molecular flexibility index (Phi) is 4.29. The van der Waals surface area contributed by atoms with Gasteiger partial charge < -0.3 is 29.4 Å². The number of nitrogens with one attached hydrogen (secondary N) is 1. The molecule has 2 saturated carbocycles. The molecule has 5 aliphatic rings. The fourth-order valence-corrected chi connectivity index (χ4v) is 8.72. The summed E-state index contributed by atoms with van der Waals surface area (Å²) in [6.45, 7) is 7.88. The Bertz CT molecular complexity index is 1440. The van der Waals surface area contributed by atoms with Gasteiger partial charge in [0, 0.05) is 39.4 Å². The quantitative estimate of drug-likeness (QED) is 0.508. The molecule has 1 aromatic carbocycles. The van der Waals surface area contributed by atoms with Crippen LogP contribution in [0, 0.1) is 11.3 Å². The van der Waals surface area contributed by atoms with Gasteiger partial charge in [0.05, 0.1) is 18.8 Å². The number of aromatic amines is 1. The van der Waals surface area contributed by atoms with E-state index in [4.69, 9.17) is 14.2 Å². The summed E-state index contributed by atoms with van der Waals surface area (Å²) in [5, 5.41) is 25.3. The van der Waals surface area contributed by atoms with Gasteiger partial charge in [-0.1, -0.05) is 13.8 Å². The van der Waals surface area contributed by atoms with Crippen LogP contribution in [-0.2, 0) is 30.8 Å². The van der Waals surface area contributed by atoms with Crippen LogP contribution in [0.3, 0.4) is 0 Å². The highest BCUT2D eigenvalue weighted by atomic mass is 16.8. The van der Waals surface area contributed by atoms with Gasteiger partial charge in [-0.25, -0.2) is 4.79 Å². The Balaban J connectivity index is 1.42. The van der Waals surface area contributed by atoms with E-state index in [1.54, 1.807) is 6.07 Å². The summed E-state index contributed by atoms with van der Waals surface area (Å²) >= 11 is 0. The van der Waals surface area contributed by atoms with E-state index in [0.29, 0.717) is 36.8 Å². The summed E-state index contributed by atoms with van der Waals surface area (Å²) in [4.78, 5) is 29.0. The lowest BCUT2D eigenvalue weighted by molar-refractivity contribution is -0.274. The van der Waals surface area contributed by atoms with Crippen LogP contribution >= 0.6 is 0 Å². The predicted molar refractivity (Wildman–Crippen MR) is 133 cm³/mol. The molecule has 7 atom stereocenters. The monoisotopic (exact) mass is 507 g/mol. The Morgan fingerprint density at radius 2 is 1.95 bits per heavy atom. The Morgan fingerprint density at radius 1 is 1.19 bits per heavy atom. The number of carbonyl (C=O) groups is 2. The zero-order valence-corrected chi connectivity index (χ0v) is 21.8. The first-order valence-electron chi connectivity index (χ1n) is 13.1. The number of methoxy groups -OCH3 is 1. The third-order valence-corrected chi connectivity index (χ3v) is 10.8. The van der Waals surface area contributed by atoms with Crippen molar-refractivity contribution in [2.45, 2.75) is 88.0 Å². The van der Waals surface area contributed by atoms with Crippen molar-refractivity contribution >= 4 is 22.7 Å². The van der Waals surface area contributed by atoms with Gasteiger partial charge >= 0.3 is 5.97 Å². The van der Waals surface area contributed by atoms with E-state index >= 15 is 0 Å². The van der Waals surface area contributed by atoms with Crippen LogP contribution < -0.4 is 0 Å². The molecule has 2 bridgehead atoms. The lowest BCUT2D eigenvalue weighted by Crippen LogP contribution is -2.74. The number of aliphatic hydroxyl groups is 2. The highest BCUT2D eigenvalue weighted by Gasteiger charge is 2.77. The molecule has 3 fully saturated rings. The summed E-state index contributed by atoms with van der Waals surface area (Å²) in [6, 6.07) is 5.51. The van der Waals surface area contributed by atoms with Crippen molar-refractivity contribution in [2.75, 3.05) is 7.11 Å². The van der Waals surface area contributed by atoms with Gasteiger partial charge in [-0.2, -0.15) is 0 Å². The van der Waals surface area contributed by atoms with Gasteiger partial charge in [0.2, 0.25) is 0 Å². The number of rotatable bonds is 1. The van der Waals surface area contributed by atoms with Crippen LogP contribution in [0.4, 0.5) is 0 Å². The standard InChI is InChI=1S/C29H33NO7/c1-25(2)23-19(31)13-20-28(36-23,37-25)9-8-26(3)27(4)15(12-21(32)29(20,26)34)11-17-16-10-14(24(33)35-5)6-7-18(16)30-22(17)27/h6-7,10,13,15,21,23,30,32,34H,8-9,11-12H2,1-5H3/t15-,21+,23?,26?,27-,28+,29+/m1/s1. The Labute approximate surface area is 215 Å². The number of hydrogen-bond acceptors (Lipinski definition) is 7. The first kappa shape index (κ1) is 23.6. The summed E-state index contributed by atoms with van der Waals surface area (Å²) in [5.74, 6) is -1.79. The highest BCUT2D eigenvalue weighted by molar-refractivity contribution is 5.98. The van der Waals surface area contributed by atoms with E-state index in [1.807, 2.05) is 32.9 Å². The predicted octanol–water partition coefficient (Wildman–Crippen LogP) is 3.08. The van der Waals surface area contributed by atoms with Gasteiger partial charge in [0.15, 0.2) is 17.7 Å². The number of aromatic nitrogens is 1. The average molecular weight is 508 g/mol. The van der Waals surface area contributed by atoms with Gasteiger partial charge in [0.25, 0.3) is 0 Å². The van der Waals surface area contributed by atoms with E-state index in [0.717, 1.165) is 22.2 Å². The molecule has 2 aliphatic heterocycles. The Hall–Kier alpha value is -2.52. The molecule has 2 aromatic rings. The van der Waals surface area contributed by atoms with Crippen molar-refractivity contribution in [1.82, 2.24) is 4.98 Å². The first-order valence-corrected chi connectivity index (χ1v) is 13.1. The maximum atomic E-state index is 13.2. The second-order valence-electron chi connectivity index (χ2n) is 12.6. The van der Waals surface area contributed by atoms with Crippen molar-refractivity contribution in [1.29, 1.82) is 0 Å². The van der Waals surface area contributed by atoms with Gasteiger partial charge in [-0.15, -0.1) is 0 Å². The maximum absolute atomic E-state index is 13.2. The zero-order chi connectivity index (χ0) is 26.3. The molecule has 8 nitrogen and oxygen atoms in total. The molecular formula is C29H33NO7. The molecule has 196 valence electrons. The molecule has 0 amide bonds. The molecule has 8 heteroatoms. The number of aliphatic hydroxyl groups excluding tert-OH is 1. The fraction of sp³-hybridized carbons (Fsp3) is 0.586. The van der Waals surface area contributed by atoms with Crippen LogP contribution in [-0.4, -0.2) is 63.3 Å². The lowest BCUT2D eigenvalue weighted by Gasteiger charge is -2.66. The van der Waals surface area contributed by atoms with Crippen LogP contribution in [0.25, 0.3) is 10.9 Å². The third-order valence-electron chi connectivity index (χ3n) is 10.8. The Morgan fingerprint density at radius 3 is 2.68 bits per heavy atom. The number of ketones is 1. The molecule has 1 saturated heterocycles. The number of esters is 1. The van der Waals surface area contributed by atoms with Gasteiger partial charge in [-0.05, 0) is 68.9 Å². The minimum atomic E-state index is -1.73. The van der Waals surface area contributed by atoms with Crippen molar-refractivity contribution in [3.63, 3.8) is 0 Å². The molecule has 7 rings (SSSR count). The first-order chi connectivity index (χ1) is 17.3. The normalized spacial score (nSPS) is 43.1. The number of fused-ring (bicyclic) bond motifs is 9. The van der Waals surface area contributed by atoms with Gasteiger partial charge in [-0.3, -0.25) is 4.79 Å². The largest absolute Gasteiger partial charge is 0.465 e. The minimum Gasteiger partial charge on any atom is -0.465 e. The van der Waals surface area contributed by atoms with E-state index in [2.05, 4.69) is 11.9 Å². The van der Waals surface area contributed by atoms with Crippen LogP contribution in [0.15, 0.2) is 29.8 Å². The molecule has 3 heterocycles. The molecule has 3 N–H and O–H groups in total. The number of hydrogen-bond donors (Lipinski definition) is 3. The number of benzene rings is 1. The molecule has 3 aliphatic carbocycles. The van der Waals surface area contributed by atoms with Crippen molar-refractivity contribution in [3.8, 4) is 0 Å². The van der Waals surface area contributed by atoms with Crippen molar-refractivity contribution in [2.24, 2.45) is 11.3 Å². The molecule has 2 unspecified atom stereocenters. The highest BCUT2D eigenvalue weighted by Crippen LogP contribution is 2.71. The zero-order valence-electron chi connectivity index (χ0n) is 21.8. The molecule has 37 heavy (non-hydrogen) atoms. The average Bonchev–Trinajstić information content (AvgIpc) is 3.43. The summed E-state index contributed by atoms with van der Waals surface area (Å²) in [7, 11) is 1.37. The second kappa shape index (κ2) is 6.72. The lowest BCUT2D eigenvalue weighted by atomic mass is 9.41. The van der Waals surface area contributed by atoms with E-state index in [1.165, 1.54) is 13.2 Å². The maximum Gasteiger partial charge on any atom is 0.337 e. The fourth-order valence-electron chi connectivity index (χ4n) is 8.72. The smallest absolute Gasteiger partial charge is 0.337 e. The number of H-pyrrole nitrogens is 1. The van der Waals surface area contributed by atoms with Crippen LogP contribution in [0.1, 0.15) is 68.6 Å². The summed E-state index contributed by atoms with van der Waals surface area (Å²) < 4.78 is 17.6. The van der Waals surface area contributed by atoms with E-state index in [9.17, 15) is 19.8 Å². The van der Waals surface area contributed by atoms with E-state index < -0.39 is 40.0 Å². The number of carbonyl (C=O) groups excluding carboxylic acids is 2. The number of ether oxygens (including phenoxy) is 3. The summed E-state index contributed by atoms with van der Waals surface area (Å²) in [6.07, 6.45) is 1.75. The third kappa shape index (κ3) is 2.45. The van der Waals surface area contributed by atoms with Gasteiger partial charge in [0.1, 0.15) is 11.2 Å². The van der Waals surface area contributed by atoms with Crippen LogP contribution in [0.2, 0.25) is 0 Å².